The Morgan fingerprint density at radius 3 is 2.08 bits per heavy atom. The van der Waals surface area contributed by atoms with Crippen LogP contribution in [0.1, 0.15) is 12.8 Å². The summed E-state index contributed by atoms with van der Waals surface area (Å²) in [5, 5.41) is -0.765. The molecule has 0 aliphatic heterocycles. The topological polar surface area (TPSA) is 54.4 Å². The zero-order chi connectivity index (χ0) is 10.7. The molecular formula is C5H8Cl4O3S. The van der Waals surface area contributed by atoms with Gasteiger partial charge in [-0.1, -0.05) is 34.8 Å². The van der Waals surface area contributed by atoms with Gasteiger partial charge in [0, 0.05) is 0 Å². The SMILES string of the molecule is O=S(=O)(O)CCCC(Cl)C(Cl)(Cl)Cl. The third kappa shape index (κ3) is 8.09. The highest BCUT2D eigenvalue weighted by Gasteiger charge is 2.30. The Morgan fingerprint density at radius 1 is 1.31 bits per heavy atom. The molecule has 1 N–H and O–H groups in total. The van der Waals surface area contributed by atoms with Crippen molar-refractivity contribution < 1.29 is 13.0 Å². The smallest absolute Gasteiger partial charge is 0.264 e. The van der Waals surface area contributed by atoms with Gasteiger partial charge in [-0.3, -0.25) is 4.55 Å². The van der Waals surface area contributed by atoms with E-state index in [9.17, 15) is 8.42 Å². The van der Waals surface area contributed by atoms with E-state index in [-0.39, 0.29) is 18.6 Å². The van der Waals surface area contributed by atoms with Gasteiger partial charge in [0.05, 0.1) is 11.1 Å². The molecule has 0 heterocycles. The Kier molecular flexibility index (Phi) is 5.67. The van der Waals surface area contributed by atoms with Crippen LogP contribution in [-0.4, -0.2) is 27.9 Å². The Morgan fingerprint density at radius 2 is 1.77 bits per heavy atom. The minimum absolute atomic E-state index is 0.154. The van der Waals surface area contributed by atoms with Gasteiger partial charge >= 0.3 is 0 Å². The lowest BCUT2D eigenvalue weighted by molar-refractivity contribution is 0.479. The normalized spacial score (nSPS) is 15.8. The summed E-state index contributed by atoms with van der Waals surface area (Å²) in [5.74, 6) is -0.378. The highest BCUT2D eigenvalue weighted by Crippen LogP contribution is 2.36. The third-order valence-electron chi connectivity index (χ3n) is 1.22. The fourth-order valence-electron chi connectivity index (χ4n) is 0.609. The first-order valence-electron chi connectivity index (χ1n) is 3.29. The maximum atomic E-state index is 10.3. The Bertz CT molecular complexity index is 245. The van der Waals surface area contributed by atoms with Gasteiger partial charge in [-0.25, -0.2) is 0 Å². The largest absolute Gasteiger partial charge is 0.286 e. The highest BCUT2D eigenvalue weighted by molar-refractivity contribution is 7.85. The van der Waals surface area contributed by atoms with Gasteiger partial charge in [-0.05, 0) is 12.8 Å². The van der Waals surface area contributed by atoms with Crippen molar-refractivity contribution in [2.24, 2.45) is 0 Å². The average Bonchev–Trinajstić information content (AvgIpc) is 1.82. The molecule has 0 bridgehead atoms. The monoisotopic (exact) mass is 288 g/mol. The summed E-state index contributed by atoms with van der Waals surface area (Å²) >= 11 is 21.9. The van der Waals surface area contributed by atoms with Gasteiger partial charge in [0.1, 0.15) is 0 Å². The summed E-state index contributed by atoms with van der Waals surface area (Å²) in [6.07, 6.45) is 0.360. The van der Waals surface area contributed by atoms with E-state index in [1.807, 2.05) is 0 Å². The summed E-state index contributed by atoms with van der Waals surface area (Å²) in [6.45, 7) is 0. The maximum Gasteiger partial charge on any atom is 0.264 e. The van der Waals surface area contributed by atoms with Crippen molar-refractivity contribution >= 4 is 56.5 Å². The summed E-state index contributed by atoms with van der Waals surface area (Å²) < 4.78 is 27.3. The lowest BCUT2D eigenvalue weighted by atomic mass is 10.3. The van der Waals surface area contributed by atoms with Crippen molar-refractivity contribution in [1.82, 2.24) is 0 Å². The van der Waals surface area contributed by atoms with Crippen molar-refractivity contribution in [3.8, 4) is 0 Å². The van der Waals surface area contributed by atoms with Crippen LogP contribution >= 0.6 is 46.4 Å². The molecule has 1 atom stereocenters. The second-order valence-electron chi connectivity index (χ2n) is 2.44. The Balaban J connectivity index is 3.80. The second-order valence-corrected chi connectivity index (χ2v) is 6.91. The quantitative estimate of drug-likeness (QED) is 0.639. The Hall–Kier alpha value is 1.07. The van der Waals surface area contributed by atoms with Crippen LogP contribution in [-0.2, 0) is 10.1 Å². The molecule has 0 rings (SSSR count). The molecular weight excluding hydrogens is 282 g/mol. The lowest BCUT2D eigenvalue weighted by Gasteiger charge is -2.16. The van der Waals surface area contributed by atoms with Crippen LogP contribution in [0.15, 0.2) is 0 Å². The van der Waals surface area contributed by atoms with Crippen LogP contribution in [0, 0.1) is 0 Å². The number of rotatable bonds is 4. The summed E-state index contributed by atoms with van der Waals surface area (Å²) in [4.78, 5) is 0. The third-order valence-corrected chi connectivity index (χ3v) is 3.69. The fourth-order valence-corrected chi connectivity index (χ4v) is 1.62. The van der Waals surface area contributed by atoms with Crippen LogP contribution in [0.3, 0.4) is 0 Å². The van der Waals surface area contributed by atoms with Crippen LogP contribution < -0.4 is 0 Å². The molecule has 0 saturated carbocycles. The average molecular weight is 290 g/mol. The molecule has 0 fully saturated rings. The zero-order valence-electron chi connectivity index (χ0n) is 6.38. The minimum Gasteiger partial charge on any atom is -0.286 e. The molecule has 0 amide bonds. The van der Waals surface area contributed by atoms with E-state index < -0.39 is 19.3 Å². The first-order chi connectivity index (χ1) is 5.63. The fraction of sp³-hybridized carbons (Fsp3) is 1.00. The van der Waals surface area contributed by atoms with Gasteiger partial charge in [0.25, 0.3) is 10.1 Å². The van der Waals surface area contributed by atoms with Gasteiger partial charge in [-0.15, -0.1) is 11.6 Å². The van der Waals surface area contributed by atoms with Crippen LogP contribution in [0.4, 0.5) is 0 Å². The minimum atomic E-state index is -3.95. The molecule has 0 aliphatic carbocycles. The molecule has 13 heavy (non-hydrogen) atoms. The molecule has 0 radical (unpaired) electrons. The molecule has 1 unspecified atom stereocenters. The molecule has 0 aromatic rings. The van der Waals surface area contributed by atoms with Crippen molar-refractivity contribution in [3.63, 3.8) is 0 Å². The van der Waals surface area contributed by atoms with Gasteiger partial charge in [0.2, 0.25) is 3.79 Å². The first-order valence-corrected chi connectivity index (χ1v) is 6.47. The van der Waals surface area contributed by atoms with Gasteiger partial charge in [0.15, 0.2) is 0 Å². The highest BCUT2D eigenvalue weighted by atomic mass is 35.6. The molecule has 0 aromatic heterocycles. The van der Waals surface area contributed by atoms with E-state index in [2.05, 4.69) is 0 Å². The first kappa shape index (κ1) is 14.1. The molecule has 0 aliphatic rings. The van der Waals surface area contributed by atoms with Crippen LogP contribution in [0.2, 0.25) is 0 Å². The van der Waals surface area contributed by atoms with E-state index in [0.717, 1.165) is 0 Å². The maximum absolute atomic E-state index is 10.3. The molecule has 3 nitrogen and oxygen atoms in total. The number of halogens is 4. The van der Waals surface area contributed by atoms with E-state index in [0.29, 0.717) is 0 Å². The Labute approximate surface area is 97.0 Å². The van der Waals surface area contributed by atoms with Crippen molar-refractivity contribution in [2.75, 3.05) is 5.75 Å². The standard InChI is InChI=1S/C5H8Cl4O3S/c6-4(5(7,8)9)2-1-3-13(10,11)12/h4H,1-3H2,(H,10,11,12). The van der Waals surface area contributed by atoms with Crippen molar-refractivity contribution in [1.29, 1.82) is 0 Å². The van der Waals surface area contributed by atoms with E-state index >= 15 is 0 Å². The van der Waals surface area contributed by atoms with Crippen LogP contribution in [0.5, 0.6) is 0 Å². The van der Waals surface area contributed by atoms with Crippen LogP contribution in [0.25, 0.3) is 0 Å². The second kappa shape index (κ2) is 5.24. The van der Waals surface area contributed by atoms with Gasteiger partial charge < -0.3 is 0 Å². The van der Waals surface area contributed by atoms with E-state index in [1.165, 1.54) is 0 Å². The number of hydrogen-bond donors (Lipinski definition) is 1. The molecule has 8 heteroatoms. The summed E-state index contributed by atoms with van der Waals surface area (Å²) in [7, 11) is -3.95. The summed E-state index contributed by atoms with van der Waals surface area (Å²) in [6, 6.07) is 0. The van der Waals surface area contributed by atoms with Gasteiger partial charge in [-0.2, -0.15) is 8.42 Å². The zero-order valence-corrected chi connectivity index (χ0v) is 10.2. The number of hydrogen-bond acceptors (Lipinski definition) is 2. The predicted octanol–water partition coefficient (Wildman–Crippen LogP) is 2.63. The van der Waals surface area contributed by atoms with Crippen molar-refractivity contribution in [3.05, 3.63) is 0 Å². The molecule has 80 valence electrons. The lowest BCUT2D eigenvalue weighted by Crippen LogP contribution is -2.20. The van der Waals surface area contributed by atoms with E-state index in [4.69, 9.17) is 51.0 Å². The molecule has 0 spiro atoms. The van der Waals surface area contributed by atoms with Crippen molar-refractivity contribution in [2.45, 2.75) is 22.0 Å². The van der Waals surface area contributed by atoms with E-state index in [1.54, 1.807) is 0 Å². The summed E-state index contributed by atoms with van der Waals surface area (Å²) in [5.41, 5.74) is 0. The molecule has 0 aromatic carbocycles. The molecule has 0 saturated heterocycles. The predicted molar refractivity (Wildman–Crippen MR) is 55.6 cm³/mol. The number of alkyl halides is 4.